The van der Waals surface area contributed by atoms with E-state index in [1.165, 1.54) is 12.1 Å². The van der Waals surface area contributed by atoms with E-state index < -0.39 is 23.3 Å². The van der Waals surface area contributed by atoms with Crippen LogP contribution in [0, 0.1) is 24.4 Å². The number of benzene rings is 1. The maximum atomic E-state index is 13.5. The zero-order chi connectivity index (χ0) is 14.2. The van der Waals surface area contributed by atoms with Crippen LogP contribution in [0.4, 0.5) is 30.5 Å². The number of nitrogens with two attached hydrogens (primary N) is 1. The molecule has 3 N–H and O–H groups in total. The molecule has 1 aromatic carbocycles. The first kappa shape index (κ1) is 13.7. The second-order valence-corrected chi connectivity index (χ2v) is 4.75. The van der Waals surface area contributed by atoms with Gasteiger partial charge in [0.15, 0.2) is 23.3 Å². The molecule has 0 atom stereocenters. The summed E-state index contributed by atoms with van der Waals surface area (Å²) in [5.74, 6) is -2.88. The first-order valence-corrected chi connectivity index (χ1v) is 6.02. The van der Waals surface area contributed by atoms with Crippen LogP contribution >= 0.6 is 15.9 Å². The Balaban J connectivity index is 2.42. The van der Waals surface area contributed by atoms with Crippen LogP contribution in [0.15, 0.2) is 22.7 Å². The molecule has 0 spiro atoms. The molecule has 19 heavy (non-hydrogen) atoms. The summed E-state index contributed by atoms with van der Waals surface area (Å²) >= 11 is 3.02. The van der Waals surface area contributed by atoms with Gasteiger partial charge in [0.05, 0.1) is 4.47 Å². The summed E-state index contributed by atoms with van der Waals surface area (Å²) in [6.45, 7) is 1.64. The summed E-state index contributed by atoms with van der Waals surface area (Å²) in [6.07, 6.45) is 0. The average Bonchev–Trinajstić information content (AvgIpc) is 2.32. The fourth-order valence-corrected chi connectivity index (χ4v) is 1.82. The lowest BCUT2D eigenvalue weighted by Gasteiger charge is -2.11. The average molecular weight is 332 g/mol. The molecule has 1 heterocycles. The number of nitrogens with zero attached hydrogens (tertiary/aromatic N) is 1. The number of hydrogen-bond acceptors (Lipinski definition) is 3. The zero-order valence-corrected chi connectivity index (χ0v) is 11.4. The summed E-state index contributed by atoms with van der Waals surface area (Å²) in [4.78, 5) is 3.57. The summed E-state index contributed by atoms with van der Waals surface area (Å²) in [7, 11) is 0. The first-order valence-electron chi connectivity index (χ1n) is 5.22. The van der Waals surface area contributed by atoms with Gasteiger partial charge in [-0.05, 0) is 40.5 Å². The predicted octanol–water partition coefficient (Wildman–Crippen LogP) is 3.90. The van der Waals surface area contributed by atoms with Gasteiger partial charge in [0.2, 0.25) is 0 Å². The van der Waals surface area contributed by atoms with Crippen molar-refractivity contribution in [2.24, 2.45) is 0 Å². The maximum absolute atomic E-state index is 13.5. The number of nitrogens with one attached hydrogen (secondary N) is 1. The van der Waals surface area contributed by atoms with Crippen molar-refractivity contribution in [3.8, 4) is 0 Å². The van der Waals surface area contributed by atoms with E-state index in [1.807, 2.05) is 0 Å². The van der Waals surface area contributed by atoms with Crippen LogP contribution in [-0.2, 0) is 0 Å². The SMILES string of the molecule is Cc1cc(F)c(Br)cc1Nc1nc(N)c(F)cc1F. The van der Waals surface area contributed by atoms with Crippen molar-refractivity contribution in [2.45, 2.75) is 6.92 Å². The molecule has 0 saturated carbocycles. The minimum absolute atomic E-state index is 0.219. The predicted molar refractivity (Wildman–Crippen MR) is 70.7 cm³/mol. The number of aryl methyl sites for hydroxylation is 1. The first-order chi connectivity index (χ1) is 8.88. The zero-order valence-electron chi connectivity index (χ0n) is 9.77. The molecular formula is C12H9BrF3N3. The number of hydrogen-bond donors (Lipinski definition) is 2. The fourth-order valence-electron chi connectivity index (χ4n) is 1.48. The van der Waals surface area contributed by atoms with Crippen LogP contribution in [-0.4, -0.2) is 4.98 Å². The van der Waals surface area contributed by atoms with Gasteiger partial charge in [-0.2, -0.15) is 0 Å². The molecule has 0 unspecified atom stereocenters. The maximum Gasteiger partial charge on any atom is 0.169 e. The van der Waals surface area contributed by atoms with Gasteiger partial charge in [0, 0.05) is 11.8 Å². The van der Waals surface area contributed by atoms with E-state index >= 15 is 0 Å². The lowest BCUT2D eigenvalue weighted by molar-refractivity contribution is 0.581. The van der Waals surface area contributed by atoms with Crippen LogP contribution < -0.4 is 11.1 Å². The van der Waals surface area contributed by atoms with E-state index in [0.29, 0.717) is 17.3 Å². The van der Waals surface area contributed by atoms with Crippen molar-refractivity contribution < 1.29 is 13.2 Å². The second kappa shape index (κ2) is 5.08. The molecule has 0 fully saturated rings. The molecule has 100 valence electrons. The van der Waals surface area contributed by atoms with Gasteiger partial charge >= 0.3 is 0 Å². The summed E-state index contributed by atoms with van der Waals surface area (Å²) < 4.78 is 40.0. The molecule has 0 amide bonds. The molecule has 0 aliphatic rings. The minimum atomic E-state index is -0.931. The summed E-state index contributed by atoms with van der Waals surface area (Å²) in [5.41, 5.74) is 6.26. The number of rotatable bonds is 2. The summed E-state index contributed by atoms with van der Waals surface area (Å²) in [6, 6.07) is 3.35. The number of anilines is 3. The van der Waals surface area contributed by atoms with Gasteiger partial charge in [-0.1, -0.05) is 0 Å². The van der Waals surface area contributed by atoms with E-state index in [9.17, 15) is 13.2 Å². The standard InChI is InChI=1S/C12H9BrF3N3/c1-5-2-7(14)6(13)3-10(5)18-12-9(16)4-8(15)11(17)19-12/h2-4H,1H3,(H3,17,18,19). The lowest BCUT2D eigenvalue weighted by atomic mass is 10.2. The molecular weight excluding hydrogens is 323 g/mol. The smallest absolute Gasteiger partial charge is 0.169 e. The van der Waals surface area contributed by atoms with Gasteiger partial charge in [-0.25, -0.2) is 18.2 Å². The highest BCUT2D eigenvalue weighted by Crippen LogP contribution is 2.28. The highest BCUT2D eigenvalue weighted by atomic mass is 79.9. The molecule has 3 nitrogen and oxygen atoms in total. The van der Waals surface area contributed by atoms with Crippen LogP contribution in [0.1, 0.15) is 5.56 Å². The van der Waals surface area contributed by atoms with Gasteiger partial charge in [0.25, 0.3) is 0 Å². The van der Waals surface area contributed by atoms with Crippen LogP contribution in [0.3, 0.4) is 0 Å². The van der Waals surface area contributed by atoms with E-state index in [2.05, 4.69) is 26.2 Å². The third-order valence-electron chi connectivity index (χ3n) is 2.48. The Morgan fingerprint density at radius 1 is 1.11 bits per heavy atom. The van der Waals surface area contributed by atoms with Gasteiger partial charge in [-0.15, -0.1) is 0 Å². The van der Waals surface area contributed by atoms with Crippen LogP contribution in [0.5, 0.6) is 0 Å². The van der Waals surface area contributed by atoms with Gasteiger partial charge in [0.1, 0.15) is 5.82 Å². The van der Waals surface area contributed by atoms with Crippen molar-refractivity contribution in [1.29, 1.82) is 0 Å². The Hall–Kier alpha value is -1.76. The van der Waals surface area contributed by atoms with Crippen LogP contribution in [0.2, 0.25) is 0 Å². The second-order valence-electron chi connectivity index (χ2n) is 3.89. The van der Waals surface area contributed by atoms with Crippen molar-refractivity contribution in [1.82, 2.24) is 4.98 Å². The van der Waals surface area contributed by atoms with Crippen molar-refractivity contribution in [3.63, 3.8) is 0 Å². The molecule has 1 aromatic heterocycles. The fraction of sp³-hybridized carbons (Fsp3) is 0.0833. The number of aromatic nitrogens is 1. The molecule has 0 saturated heterocycles. The van der Waals surface area contributed by atoms with E-state index in [4.69, 9.17) is 5.73 Å². The Morgan fingerprint density at radius 3 is 2.47 bits per heavy atom. The topological polar surface area (TPSA) is 50.9 Å². The third kappa shape index (κ3) is 2.81. The largest absolute Gasteiger partial charge is 0.381 e. The highest BCUT2D eigenvalue weighted by molar-refractivity contribution is 9.10. The van der Waals surface area contributed by atoms with Crippen molar-refractivity contribution in [3.05, 3.63) is 45.7 Å². The monoisotopic (exact) mass is 331 g/mol. The normalized spacial score (nSPS) is 10.6. The number of pyridine rings is 1. The molecule has 0 aliphatic heterocycles. The Kier molecular flexibility index (Phi) is 3.66. The minimum Gasteiger partial charge on any atom is -0.381 e. The molecule has 0 bridgehead atoms. The molecule has 0 aliphatic carbocycles. The van der Waals surface area contributed by atoms with E-state index in [-0.39, 0.29) is 10.3 Å². The molecule has 2 rings (SSSR count). The quantitative estimate of drug-likeness (QED) is 0.877. The Morgan fingerprint density at radius 2 is 1.79 bits per heavy atom. The van der Waals surface area contributed by atoms with Gasteiger partial charge < -0.3 is 11.1 Å². The Labute approximate surface area is 115 Å². The Bertz CT molecular complexity index is 591. The van der Waals surface area contributed by atoms with Gasteiger partial charge in [-0.3, -0.25) is 0 Å². The van der Waals surface area contributed by atoms with E-state index in [0.717, 1.165) is 0 Å². The van der Waals surface area contributed by atoms with Crippen molar-refractivity contribution in [2.75, 3.05) is 11.1 Å². The number of nitrogen functional groups attached to an aromatic ring is 1. The van der Waals surface area contributed by atoms with E-state index in [1.54, 1.807) is 6.92 Å². The van der Waals surface area contributed by atoms with Crippen molar-refractivity contribution >= 4 is 33.3 Å². The molecule has 2 aromatic rings. The molecule has 7 heteroatoms. The molecule has 0 radical (unpaired) electrons. The summed E-state index contributed by atoms with van der Waals surface area (Å²) in [5, 5.41) is 2.65. The lowest BCUT2D eigenvalue weighted by Crippen LogP contribution is -2.04. The number of halogens is 4. The van der Waals surface area contributed by atoms with Crippen LogP contribution in [0.25, 0.3) is 0 Å². The highest BCUT2D eigenvalue weighted by Gasteiger charge is 2.12. The third-order valence-corrected chi connectivity index (χ3v) is 3.08.